The molecule has 1 rings (SSSR count). The minimum Gasteiger partial charge on any atom is -0.377 e. The molecule has 1 fully saturated rings. The van der Waals surface area contributed by atoms with Gasteiger partial charge in [0.25, 0.3) is 0 Å². The van der Waals surface area contributed by atoms with Crippen LogP contribution in [0.4, 0.5) is 0 Å². The molecule has 0 radical (unpaired) electrons. The molecule has 1 unspecified atom stereocenters. The average molecular weight is 214 g/mol. The number of carbonyl (C=O) groups is 1. The second kappa shape index (κ2) is 6.80. The topological polar surface area (TPSA) is 50.4 Å². The molecule has 0 saturated heterocycles. The van der Waals surface area contributed by atoms with Gasteiger partial charge in [-0.2, -0.15) is 0 Å². The molecule has 4 heteroatoms. The third-order valence-electron chi connectivity index (χ3n) is 2.85. The largest absolute Gasteiger partial charge is 0.377 e. The number of nitrogens with one attached hydrogen (secondary N) is 2. The van der Waals surface area contributed by atoms with E-state index in [0.717, 1.165) is 6.54 Å². The van der Waals surface area contributed by atoms with E-state index >= 15 is 0 Å². The van der Waals surface area contributed by atoms with Crippen molar-refractivity contribution in [3.8, 4) is 0 Å². The van der Waals surface area contributed by atoms with Crippen molar-refractivity contribution >= 4 is 5.91 Å². The van der Waals surface area contributed by atoms with Gasteiger partial charge in [-0.25, -0.2) is 0 Å². The highest BCUT2D eigenvalue weighted by Crippen LogP contribution is 2.20. The summed E-state index contributed by atoms with van der Waals surface area (Å²) in [5, 5.41) is 5.72. The molecule has 2 N–H and O–H groups in total. The van der Waals surface area contributed by atoms with Gasteiger partial charge in [0.2, 0.25) is 5.91 Å². The van der Waals surface area contributed by atoms with Crippen LogP contribution in [-0.2, 0) is 9.53 Å². The standard InChI is InChI=1S/C11H22N2O2/c1-9(11(14)12-2)13-7-8-15-10-5-3-4-6-10/h9-10,13H,3-8H2,1-2H3,(H,12,14). The van der Waals surface area contributed by atoms with Crippen LogP contribution >= 0.6 is 0 Å². The van der Waals surface area contributed by atoms with Crippen molar-refractivity contribution in [1.82, 2.24) is 10.6 Å². The Balaban J connectivity index is 1.98. The Morgan fingerprint density at radius 2 is 2.13 bits per heavy atom. The first-order chi connectivity index (χ1) is 7.24. The molecule has 0 aromatic carbocycles. The second-order valence-corrected chi connectivity index (χ2v) is 4.07. The second-order valence-electron chi connectivity index (χ2n) is 4.07. The fraction of sp³-hybridized carbons (Fsp3) is 0.909. The van der Waals surface area contributed by atoms with Crippen LogP contribution in [-0.4, -0.2) is 38.3 Å². The Morgan fingerprint density at radius 3 is 2.73 bits per heavy atom. The maximum atomic E-state index is 11.1. The summed E-state index contributed by atoms with van der Waals surface area (Å²) in [6.07, 6.45) is 5.46. The van der Waals surface area contributed by atoms with Gasteiger partial charge in [-0.3, -0.25) is 4.79 Å². The van der Waals surface area contributed by atoms with Crippen LogP contribution in [0.3, 0.4) is 0 Å². The number of carbonyl (C=O) groups excluding carboxylic acids is 1. The van der Waals surface area contributed by atoms with Gasteiger partial charge < -0.3 is 15.4 Å². The molecule has 88 valence electrons. The van der Waals surface area contributed by atoms with Crippen molar-refractivity contribution in [2.24, 2.45) is 0 Å². The third kappa shape index (κ3) is 4.62. The number of likely N-dealkylation sites (N-methyl/N-ethyl adjacent to an activating group) is 1. The van der Waals surface area contributed by atoms with Crippen LogP contribution in [0.15, 0.2) is 0 Å². The Morgan fingerprint density at radius 1 is 1.47 bits per heavy atom. The predicted octanol–water partition coefficient (Wildman–Crippen LogP) is 0.670. The van der Waals surface area contributed by atoms with E-state index in [1.165, 1.54) is 25.7 Å². The van der Waals surface area contributed by atoms with Gasteiger partial charge in [0.05, 0.1) is 18.8 Å². The summed E-state index contributed by atoms with van der Waals surface area (Å²) in [5.74, 6) is 0.0240. The Kier molecular flexibility index (Phi) is 5.65. The molecule has 1 saturated carbocycles. The van der Waals surface area contributed by atoms with E-state index in [-0.39, 0.29) is 11.9 Å². The molecular formula is C11H22N2O2. The molecule has 0 aromatic rings. The first-order valence-corrected chi connectivity index (χ1v) is 5.80. The van der Waals surface area contributed by atoms with Crippen molar-refractivity contribution in [3.05, 3.63) is 0 Å². The van der Waals surface area contributed by atoms with Crippen LogP contribution in [0.2, 0.25) is 0 Å². The molecule has 0 bridgehead atoms. The maximum absolute atomic E-state index is 11.1. The molecule has 1 aliphatic rings. The van der Waals surface area contributed by atoms with Crippen molar-refractivity contribution < 1.29 is 9.53 Å². The molecule has 0 heterocycles. The summed E-state index contributed by atoms with van der Waals surface area (Å²) in [7, 11) is 1.65. The molecule has 1 atom stereocenters. The molecule has 0 aromatic heterocycles. The minimum absolute atomic E-state index is 0.0240. The predicted molar refractivity (Wildman–Crippen MR) is 59.7 cm³/mol. The average Bonchev–Trinajstić information content (AvgIpc) is 2.75. The molecule has 4 nitrogen and oxygen atoms in total. The van der Waals surface area contributed by atoms with E-state index in [2.05, 4.69) is 10.6 Å². The quantitative estimate of drug-likeness (QED) is 0.639. The number of hydrogen-bond donors (Lipinski definition) is 2. The highest BCUT2D eigenvalue weighted by atomic mass is 16.5. The van der Waals surface area contributed by atoms with Crippen LogP contribution in [0.1, 0.15) is 32.6 Å². The Bertz CT molecular complexity index is 191. The van der Waals surface area contributed by atoms with Gasteiger partial charge in [0.1, 0.15) is 0 Å². The molecular weight excluding hydrogens is 192 g/mol. The van der Waals surface area contributed by atoms with Crippen LogP contribution in [0.25, 0.3) is 0 Å². The van der Waals surface area contributed by atoms with Crippen molar-refractivity contribution in [2.45, 2.75) is 44.8 Å². The number of rotatable bonds is 6. The smallest absolute Gasteiger partial charge is 0.236 e. The lowest BCUT2D eigenvalue weighted by Crippen LogP contribution is -2.42. The fourth-order valence-corrected chi connectivity index (χ4v) is 1.87. The van der Waals surface area contributed by atoms with E-state index in [4.69, 9.17) is 4.74 Å². The Labute approximate surface area is 91.8 Å². The maximum Gasteiger partial charge on any atom is 0.236 e. The molecule has 1 amide bonds. The summed E-state index contributed by atoms with van der Waals surface area (Å²) in [5.41, 5.74) is 0. The normalized spacial score (nSPS) is 19.1. The van der Waals surface area contributed by atoms with E-state index in [1.807, 2.05) is 6.92 Å². The lowest BCUT2D eigenvalue weighted by Gasteiger charge is -2.14. The number of ether oxygens (including phenoxy) is 1. The van der Waals surface area contributed by atoms with E-state index < -0.39 is 0 Å². The summed E-state index contributed by atoms with van der Waals surface area (Å²) in [6, 6.07) is -0.137. The summed E-state index contributed by atoms with van der Waals surface area (Å²) in [6.45, 7) is 3.30. The Hall–Kier alpha value is -0.610. The lowest BCUT2D eigenvalue weighted by atomic mass is 10.3. The molecule has 1 aliphatic carbocycles. The molecule has 15 heavy (non-hydrogen) atoms. The lowest BCUT2D eigenvalue weighted by molar-refractivity contribution is -0.122. The van der Waals surface area contributed by atoms with Gasteiger partial charge in [0, 0.05) is 13.6 Å². The van der Waals surface area contributed by atoms with Crippen molar-refractivity contribution in [3.63, 3.8) is 0 Å². The zero-order chi connectivity index (χ0) is 11.1. The van der Waals surface area contributed by atoms with Crippen molar-refractivity contribution in [2.75, 3.05) is 20.2 Å². The van der Waals surface area contributed by atoms with Gasteiger partial charge in [0.15, 0.2) is 0 Å². The zero-order valence-corrected chi connectivity index (χ0v) is 9.71. The third-order valence-corrected chi connectivity index (χ3v) is 2.85. The SMILES string of the molecule is CNC(=O)C(C)NCCOC1CCCC1. The van der Waals surface area contributed by atoms with Crippen LogP contribution in [0, 0.1) is 0 Å². The zero-order valence-electron chi connectivity index (χ0n) is 9.71. The molecule has 0 spiro atoms. The summed E-state index contributed by atoms with van der Waals surface area (Å²) in [4.78, 5) is 11.1. The summed E-state index contributed by atoms with van der Waals surface area (Å²) >= 11 is 0. The first-order valence-electron chi connectivity index (χ1n) is 5.80. The summed E-state index contributed by atoms with van der Waals surface area (Å²) < 4.78 is 5.67. The van der Waals surface area contributed by atoms with Crippen LogP contribution < -0.4 is 10.6 Å². The van der Waals surface area contributed by atoms with Crippen LogP contribution in [0.5, 0.6) is 0 Å². The monoisotopic (exact) mass is 214 g/mol. The van der Waals surface area contributed by atoms with Gasteiger partial charge in [-0.15, -0.1) is 0 Å². The minimum atomic E-state index is -0.137. The number of amides is 1. The highest BCUT2D eigenvalue weighted by Gasteiger charge is 2.15. The van der Waals surface area contributed by atoms with E-state index in [0.29, 0.717) is 12.7 Å². The first kappa shape index (κ1) is 12.5. The van der Waals surface area contributed by atoms with E-state index in [9.17, 15) is 4.79 Å². The van der Waals surface area contributed by atoms with Gasteiger partial charge >= 0.3 is 0 Å². The fourth-order valence-electron chi connectivity index (χ4n) is 1.87. The van der Waals surface area contributed by atoms with E-state index in [1.54, 1.807) is 7.05 Å². The van der Waals surface area contributed by atoms with Gasteiger partial charge in [-0.1, -0.05) is 12.8 Å². The highest BCUT2D eigenvalue weighted by molar-refractivity contribution is 5.80. The molecule has 0 aliphatic heterocycles. The number of hydrogen-bond acceptors (Lipinski definition) is 3. The van der Waals surface area contributed by atoms with Crippen molar-refractivity contribution in [1.29, 1.82) is 0 Å². The van der Waals surface area contributed by atoms with Gasteiger partial charge in [-0.05, 0) is 19.8 Å².